The van der Waals surface area contributed by atoms with Gasteiger partial charge in [0.25, 0.3) is 5.91 Å². The van der Waals surface area contributed by atoms with Gasteiger partial charge in [0, 0.05) is 17.6 Å². The number of rotatable bonds is 2. The number of carbonyl (C=O) groups is 1. The molecule has 5 nitrogen and oxygen atoms in total. The number of nitrogens with one attached hydrogen (secondary N) is 1. The van der Waals surface area contributed by atoms with Crippen molar-refractivity contribution >= 4 is 17.5 Å². The van der Waals surface area contributed by atoms with E-state index in [9.17, 15) is 9.18 Å². The van der Waals surface area contributed by atoms with Crippen molar-refractivity contribution in [1.29, 1.82) is 0 Å². The molecule has 2 aromatic rings. The van der Waals surface area contributed by atoms with E-state index in [0.29, 0.717) is 23.4 Å². The first-order chi connectivity index (χ1) is 10.5. The molecule has 22 heavy (non-hydrogen) atoms. The minimum Gasteiger partial charge on any atom is -0.365 e. The first-order valence-corrected chi connectivity index (χ1v) is 7.47. The average molecular weight is 321 g/mol. The lowest BCUT2D eigenvalue weighted by atomic mass is 10.0. The summed E-state index contributed by atoms with van der Waals surface area (Å²) in [5.41, 5.74) is 7.87. The molecule has 1 aromatic carbocycles. The number of fused-ring (bicyclic) bond motifs is 1. The van der Waals surface area contributed by atoms with E-state index < -0.39 is 11.7 Å². The van der Waals surface area contributed by atoms with E-state index in [2.05, 4.69) is 10.4 Å². The molecule has 3 N–H and O–H groups in total. The van der Waals surface area contributed by atoms with Crippen LogP contribution < -0.4 is 11.1 Å². The van der Waals surface area contributed by atoms with Crippen LogP contribution in [0.5, 0.6) is 0 Å². The maximum absolute atomic E-state index is 13.4. The van der Waals surface area contributed by atoms with Crippen molar-refractivity contribution in [3.8, 4) is 11.3 Å². The zero-order valence-corrected chi connectivity index (χ0v) is 12.5. The monoisotopic (exact) mass is 320 g/mol. The topological polar surface area (TPSA) is 72.9 Å². The molecule has 2 aliphatic rings. The Morgan fingerprint density at radius 3 is 2.86 bits per heavy atom. The summed E-state index contributed by atoms with van der Waals surface area (Å²) in [6.07, 6.45) is 2.21. The smallest absolute Gasteiger partial charge is 0.252 e. The van der Waals surface area contributed by atoms with Crippen LogP contribution >= 0.6 is 11.6 Å². The molecule has 1 saturated carbocycles. The summed E-state index contributed by atoms with van der Waals surface area (Å²) < 4.78 is 15.2. The van der Waals surface area contributed by atoms with Crippen LogP contribution in [0.4, 0.5) is 4.39 Å². The Labute approximate surface area is 131 Å². The Morgan fingerprint density at radius 2 is 2.23 bits per heavy atom. The Bertz CT molecular complexity index is 797. The summed E-state index contributed by atoms with van der Waals surface area (Å²) in [5, 5.41) is 7.99. The highest BCUT2D eigenvalue weighted by atomic mass is 35.5. The molecule has 1 aliphatic carbocycles. The van der Waals surface area contributed by atoms with Crippen LogP contribution in [0.3, 0.4) is 0 Å². The molecule has 1 fully saturated rings. The SMILES string of the molecule is NC(=O)c1c(-c2ccc(F)c(Cl)c2)nn2c1CNC1(CC1)C2. The van der Waals surface area contributed by atoms with Crippen molar-refractivity contribution in [2.75, 3.05) is 0 Å². The highest BCUT2D eigenvalue weighted by molar-refractivity contribution is 6.31. The fraction of sp³-hybridized carbons (Fsp3) is 0.333. The predicted molar refractivity (Wildman–Crippen MR) is 80.0 cm³/mol. The molecule has 1 amide bonds. The molecule has 1 aromatic heterocycles. The van der Waals surface area contributed by atoms with Crippen LogP contribution in [-0.4, -0.2) is 21.2 Å². The lowest BCUT2D eigenvalue weighted by Gasteiger charge is -2.24. The zero-order chi connectivity index (χ0) is 15.5. The van der Waals surface area contributed by atoms with Crippen LogP contribution in [-0.2, 0) is 13.1 Å². The normalized spacial score (nSPS) is 18.3. The minimum atomic E-state index is -0.537. The summed E-state index contributed by atoms with van der Waals surface area (Å²) in [5.74, 6) is -1.04. The number of amides is 1. The van der Waals surface area contributed by atoms with Crippen LogP contribution in [0, 0.1) is 5.82 Å². The number of nitrogens with zero attached hydrogens (tertiary/aromatic N) is 2. The number of benzene rings is 1. The van der Waals surface area contributed by atoms with Crippen LogP contribution in [0.2, 0.25) is 5.02 Å². The van der Waals surface area contributed by atoms with Gasteiger partial charge in [0.05, 0.1) is 22.8 Å². The summed E-state index contributed by atoms with van der Waals surface area (Å²) in [6.45, 7) is 1.28. The van der Waals surface area contributed by atoms with Crippen LogP contribution in [0.15, 0.2) is 18.2 Å². The molecule has 0 unspecified atom stereocenters. The van der Waals surface area contributed by atoms with Gasteiger partial charge in [0.1, 0.15) is 11.5 Å². The van der Waals surface area contributed by atoms with Crippen LogP contribution in [0.25, 0.3) is 11.3 Å². The highest BCUT2D eigenvalue weighted by Crippen LogP contribution is 2.41. The summed E-state index contributed by atoms with van der Waals surface area (Å²) in [7, 11) is 0. The minimum absolute atomic E-state index is 0.00400. The van der Waals surface area contributed by atoms with Gasteiger partial charge in [-0.2, -0.15) is 5.10 Å². The number of hydrogen-bond donors (Lipinski definition) is 2. The number of hydrogen-bond acceptors (Lipinski definition) is 3. The second kappa shape index (κ2) is 4.54. The summed E-state index contributed by atoms with van der Waals surface area (Å²) in [6, 6.07) is 4.29. The van der Waals surface area contributed by atoms with Gasteiger partial charge in [-0.05, 0) is 31.0 Å². The van der Waals surface area contributed by atoms with Crippen molar-refractivity contribution in [1.82, 2.24) is 15.1 Å². The fourth-order valence-corrected chi connectivity index (χ4v) is 3.19. The van der Waals surface area contributed by atoms with E-state index in [4.69, 9.17) is 17.3 Å². The second-order valence-electron chi connectivity index (χ2n) is 5.95. The number of carbonyl (C=O) groups excluding carboxylic acids is 1. The van der Waals surface area contributed by atoms with E-state index in [1.807, 2.05) is 4.68 Å². The van der Waals surface area contributed by atoms with E-state index in [1.165, 1.54) is 12.1 Å². The molecule has 1 aliphatic heterocycles. The molecule has 0 saturated heterocycles. The zero-order valence-electron chi connectivity index (χ0n) is 11.7. The molecule has 0 radical (unpaired) electrons. The Balaban J connectivity index is 1.86. The third-order valence-corrected chi connectivity index (χ3v) is 4.72. The van der Waals surface area contributed by atoms with Crippen molar-refractivity contribution in [2.45, 2.75) is 31.5 Å². The molecule has 2 heterocycles. The Kier molecular flexibility index (Phi) is 2.83. The van der Waals surface area contributed by atoms with Crippen molar-refractivity contribution < 1.29 is 9.18 Å². The standard InChI is InChI=1S/C15H14ClFN4O/c16-9-5-8(1-2-10(9)17)13-12(14(18)22)11-6-19-15(3-4-15)7-21(11)20-13/h1-2,5,19H,3-4,6-7H2,(H2,18,22). The van der Waals surface area contributed by atoms with Gasteiger partial charge >= 0.3 is 0 Å². The predicted octanol–water partition coefficient (Wildman–Crippen LogP) is 2.08. The molecule has 0 atom stereocenters. The quantitative estimate of drug-likeness (QED) is 0.889. The van der Waals surface area contributed by atoms with Gasteiger partial charge in [-0.25, -0.2) is 4.39 Å². The third kappa shape index (κ3) is 2.02. The molecular formula is C15H14ClFN4O. The van der Waals surface area contributed by atoms with Gasteiger partial charge in [0.15, 0.2) is 0 Å². The Morgan fingerprint density at radius 1 is 1.45 bits per heavy atom. The molecule has 114 valence electrons. The molecule has 7 heteroatoms. The Hall–Kier alpha value is -1.92. The summed E-state index contributed by atoms with van der Waals surface area (Å²) >= 11 is 5.84. The molecule has 1 spiro atoms. The molecule has 0 bridgehead atoms. The number of nitrogens with two attached hydrogens (primary N) is 1. The number of primary amides is 1. The maximum Gasteiger partial charge on any atom is 0.252 e. The highest BCUT2D eigenvalue weighted by Gasteiger charge is 2.46. The summed E-state index contributed by atoms with van der Waals surface area (Å²) in [4.78, 5) is 11.9. The van der Waals surface area contributed by atoms with E-state index >= 15 is 0 Å². The molecular weight excluding hydrogens is 307 g/mol. The first kappa shape index (κ1) is 13.7. The van der Waals surface area contributed by atoms with E-state index in [0.717, 1.165) is 25.1 Å². The van der Waals surface area contributed by atoms with Gasteiger partial charge in [-0.3, -0.25) is 9.48 Å². The lowest BCUT2D eigenvalue weighted by Crippen LogP contribution is -2.41. The largest absolute Gasteiger partial charge is 0.365 e. The maximum atomic E-state index is 13.4. The van der Waals surface area contributed by atoms with E-state index in [-0.39, 0.29) is 10.6 Å². The molecule has 4 rings (SSSR count). The van der Waals surface area contributed by atoms with Crippen molar-refractivity contribution in [3.63, 3.8) is 0 Å². The first-order valence-electron chi connectivity index (χ1n) is 7.09. The van der Waals surface area contributed by atoms with Gasteiger partial charge in [0.2, 0.25) is 0 Å². The lowest BCUT2D eigenvalue weighted by molar-refractivity contribution is 0.0999. The third-order valence-electron chi connectivity index (χ3n) is 4.43. The second-order valence-corrected chi connectivity index (χ2v) is 6.36. The van der Waals surface area contributed by atoms with Gasteiger partial charge in [-0.15, -0.1) is 0 Å². The fourth-order valence-electron chi connectivity index (χ4n) is 3.01. The van der Waals surface area contributed by atoms with Crippen molar-refractivity contribution in [3.05, 3.63) is 40.3 Å². The number of halogens is 2. The van der Waals surface area contributed by atoms with Crippen LogP contribution in [0.1, 0.15) is 28.9 Å². The van der Waals surface area contributed by atoms with Gasteiger partial charge < -0.3 is 11.1 Å². The van der Waals surface area contributed by atoms with E-state index in [1.54, 1.807) is 6.07 Å². The number of aromatic nitrogens is 2. The van der Waals surface area contributed by atoms with Gasteiger partial charge in [-0.1, -0.05) is 11.6 Å². The average Bonchev–Trinajstić information content (AvgIpc) is 3.10. The van der Waals surface area contributed by atoms with Crippen molar-refractivity contribution in [2.24, 2.45) is 5.73 Å².